The van der Waals surface area contributed by atoms with Gasteiger partial charge < -0.3 is 11.1 Å². The number of nitrogens with two attached hydrogens (primary N) is 1. The Morgan fingerprint density at radius 3 is 2.64 bits per heavy atom. The molecule has 14 heavy (non-hydrogen) atoms. The maximum Gasteiger partial charge on any atom is 0.149 e. The molecule has 1 aromatic rings. The first-order valence-corrected chi connectivity index (χ1v) is 5.11. The van der Waals surface area contributed by atoms with Crippen molar-refractivity contribution in [3.8, 4) is 0 Å². The molecule has 0 bridgehead atoms. The molecule has 0 saturated heterocycles. The fourth-order valence-electron chi connectivity index (χ4n) is 1.85. The van der Waals surface area contributed by atoms with Gasteiger partial charge in [-0.2, -0.15) is 0 Å². The molecule has 1 fully saturated rings. The standard InChI is InChI=1S/C10H16N4/c1-2-10(6-3-7-10)12-9-5-4-8(11)13-14-9/h4-5H,2-3,6-7H2,1H3,(H2,11,13)(H,12,14). The van der Waals surface area contributed by atoms with Crippen LogP contribution in [0.4, 0.5) is 11.6 Å². The maximum absolute atomic E-state index is 5.47. The van der Waals surface area contributed by atoms with E-state index in [1.165, 1.54) is 19.3 Å². The molecule has 0 atom stereocenters. The first kappa shape index (κ1) is 9.24. The summed E-state index contributed by atoms with van der Waals surface area (Å²) in [5.41, 5.74) is 5.74. The number of anilines is 2. The zero-order valence-electron chi connectivity index (χ0n) is 8.45. The molecular formula is C10H16N4. The lowest BCUT2D eigenvalue weighted by Crippen LogP contribution is -2.44. The fourth-order valence-corrected chi connectivity index (χ4v) is 1.85. The Morgan fingerprint density at radius 1 is 1.43 bits per heavy atom. The quantitative estimate of drug-likeness (QED) is 0.766. The molecule has 0 aromatic carbocycles. The number of nitrogen functional groups attached to an aromatic ring is 1. The first-order valence-electron chi connectivity index (χ1n) is 5.11. The number of hydrogen-bond donors (Lipinski definition) is 2. The second-order valence-corrected chi connectivity index (χ2v) is 3.96. The van der Waals surface area contributed by atoms with Gasteiger partial charge in [-0.3, -0.25) is 0 Å². The molecule has 1 aliphatic rings. The third-order valence-electron chi connectivity index (χ3n) is 3.07. The summed E-state index contributed by atoms with van der Waals surface area (Å²) < 4.78 is 0. The monoisotopic (exact) mass is 192 g/mol. The molecule has 4 heteroatoms. The average Bonchev–Trinajstić information content (AvgIpc) is 2.15. The molecule has 1 aliphatic carbocycles. The fraction of sp³-hybridized carbons (Fsp3) is 0.600. The number of hydrogen-bond acceptors (Lipinski definition) is 4. The first-order chi connectivity index (χ1) is 6.74. The number of rotatable bonds is 3. The SMILES string of the molecule is CCC1(Nc2ccc(N)nn2)CCC1. The zero-order valence-corrected chi connectivity index (χ0v) is 8.45. The average molecular weight is 192 g/mol. The minimum absolute atomic E-state index is 0.269. The largest absolute Gasteiger partial charge is 0.382 e. The highest BCUT2D eigenvalue weighted by molar-refractivity contribution is 5.41. The highest BCUT2D eigenvalue weighted by Gasteiger charge is 2.35. The molecule has 0 amide bonds. The Morgan fingerprint density at radius 2 is 2.21 bits per heavy atom. The molecule has 0 unspecified atom stereocenters. The van der Waals surface area contributed by atoms with Gasteiger partial charge in [0.15, 0.2) is 0 Å². The van der Waals surface area contributed by atoms with Crippen LogP contribution in [0.15, 0.2) is 12.1 Å². The Hall–Kier alpha value is -1.32. The van der Waals surface area contributed by atoms with Gasteiger partial charge in [0.1, 0.15) is 11.6 Å². The summed E-state index contributed by atoms with van der Waals surface area (Å²) >= 11 is 0. The molecule has 4 nitrogen and oxygen atoms in total. The Balaban J connectivity index is 2.06. The summed E-state index contributed by atoms with van der Waals surface area (Å²) in [6.07, 6.45) is 4.91. The van der Waals surface area contributed by atoms with Crippen molar-refractivity contribution in [1.29, 1.82) is 0 Å². The van der Waals surface area contributed by atoms with Crippen LogP contribution in [0.25, 0.3) is 0 Å². The summed E-state index contributed by atoms with van der Waals surface area (Å²) in [6.45, 7) is 2.21. The van der Waals surface area contributed by atoms with E-state index in [1.807, 2.05) is 6.07 Å². The van der Waals surface area contributed by atoms with Gasteiger partial charge in [-0.25, -0.2) is 0 Å². The lowest BCUT2D eigenvalue weighted by molar-refractivity contribution is 0.268. The third kappa shape index (κ3) is 1.64. The Labute approximate surface area is 83.9 Å². The highest BCUT2D eigenvalue weighted by atomic mass is 15.2. The summed E-state index contributed by atoms with van der Waals surface area (Å²) in [7, 11) is 0. The molecular weight excluding hydrogens is 176 g/mol. The van der Waals surface area contributed by atoms with Crippen LogP contribution >= 0.6 is 0 Å². The summed E-state index contributed by atoms with van der Waals surface area (Å²) in [5, 5.41) is 11.3. The highest BCUT2D eigenvalue weighted by Crippen LogP contribution is 2.37. The van der Waals surface area contributed by atoms with Gasteiger partial charge in [-0.05, 0) is 37.8 Å². The molecule has 0 aliphatic heterocycles. The van der Waals surface area contributed by atoms with E-state index < -0.39 is 0 Å². The van der Waals surface area contributed by atoms with Crippen LogP contribution in [0, 0.1) is 0 Å². The molecule has 1 aromatic heterocycles. The van der Waals surface area contributed by atoms with Crippen LogP contribution in [-0.4, -0.2) is 15.7 Å². The van der Waals surface area contributed by atoms with E-state index >= 15 is 0 Å². The Kier molecular flexibility index (Phi) is 2.27. The summed E-state index contributed by atoms with van der Waals surface area (Å²) in [4.78, 5) is 0. The van der Waals surface area contributed by atoms with Crippen LogP contribution in [-0.2, 0) is 0 Å². The van der Waals surface area contributed by atoms with Gasteiger partial charge in [-0.15, -0.1) is 10.2 Å². The van der Waals surface area contributed by atoms with Gasteiger partial charge in [0, 0.05) is 5.54 Å². The Bertz CT molecular complexity index is 297. The van der Waals surface area contributed by atoms with Gasteiger partial charge in [0.25, 0.3) is 0 Å². The molecule has 3 N–H and O–H groups in total. The number of aromatic nitrogens is 2. The summed E-state index contributed by atoms with van der Waals surface area (Å²) in [6, 6.07) is 3.66. The van der Waals surface area contributed by atoms with Crippen molar-refractivity contribution in [2.75, 3.05) is 11.1 Å². The van der Waals surface area contributed by atoms with Gasteiger partial charge in [0.05, 0.1) is 0 Å². The van der Waals surface area contributed by atoms with Crippen LogP contribution in [0.2, 0.25) is 0 Å². The van der Waals surface area contributed by atoms with Gasteiger partial charge in [-0.1, -0.05) is 6.92 Å². The minimum Gasteiger partial charge on any atom is -0.382 e. The van der Waals surface area contributed by atoms with Crippen LogP contribution in [0.1, 0.15) is 32.6 Å². The van der Waals surface area contributed by atoms with E-state index in [0.29, 0.717) is 5.82 Å². The second kappa shape index (κ2) is 3.44. The molecule has 2 rings (SSSR count). The van der Waals surface area contributed by atoms with Crippen molar-refractivity contribution in [1.82, 2.24) is 10.2 Å². The van der Waals surface area contributed by atoms with E-state index in [2.05, 4.69) is 22.4 Å². The predicted octanol–water partition coefficient (Wildman–Crippen LogP) is 1.80. The van der Waals surface area contributed by atoms with Crippen LogP contribution in [0.3, 0.4) is 0 Å². The van der Waals surface area contributed by atoms with E-state index in [-0.39, 0.29) is 5.54 Å². The third-order valence-corrected chi connectivity index (χ3v) is 3.07. The van der Waals surface area contributed by atoms with Crippen LogP contribution < -0.4 is 11.1 Å². The van der Waals surface area contributed by atoms with E-state index in [4.69, 9.17) is 5.73 Å². The number of nitrogens with one attached hydrogen (secondary N) is 1. The predicted molar refractivity (Wildman–Crippen MR) is 56.9 cm³/mol. The molecule has 76 valence electrons. The zero-order chi connectivity index (χ0) is 10.0. The minimum atomic E-state index is 0.269. The van der Waals surface area contributed by atoms with E-state index in [1.54, 1.807) is 6.07 Å². The molecule has 1 heterocycles. The van der Waals surface area contributed by atoms with Gasteiger partial charge in [0.2, 0.25) is 0 Å². The lowest BCUT2D eigenvalue weighted by atomic mass is 9.75. The smallest absolute Gasteiger partial charge is 0.149 e. The van der Waals surface area contributed by atoms with Crippen molar-refractivity contribution < 1.29 is 0 Å². The molecule has 0 spiro atoms. The van der Waals surface area contributed by atoms with Crippen molar-refractivity contribution in [2.24, 2.45) is 0 Å². The van der Waals surface area contributed by atoms with Crippen molar-refractivity contribution in [3.05, 3.63) is 12.1 Å². The van der Waals surface area contributed by atoms with Crippen molar-refractivity contribution in [2.45, 2.75) is 38.1 Å². The topological polar surface area (TPSA) is 63.8 Å². The maximum atomic E-state index is 5.47. The van der Waals surface area contributed by atoms with E-state index in [9.17, 15) is 0 Å². The summed E-state index contributed by atoms with van der Waals surface area (Å²) in [5.74, 6) is 1.30. The second-order valence-electron chi connectivity index (χ2n) is 3.96. The van der Waals surface area contributed by atoms with E-state index in [0.717, 1.165) is 12.2 Å². The normalized spacial score (nSPS) is 18.6. The lowest BCUT2D eigenvalue weighted by Gasteiger charge is -2.42. The van der Waals surface area contributed by atoms with Crippen molar-refractivity contribution in [3.63, 3.8) is 0 Å². The molecule has 0 radical (unpaired) electrons. The van der Waals surface area contributed by atoms with Gasteiger partial charge >= 0.3 is 0 Å². The molecule has 1 saturated carbocycles. The van der Waals surface area contributed by atoms with Crippen LogP contribution in [0.5, 0.6) is 0 Å². The number of nitrogens with zero attached hydrogens (tertiary/aromatic N) is 2. The van der Waals surface area contributed by atoms with Crippen molar-refractivity contribution >= 4 is 11.6 Å².